The van der Waals surface area contributed by atoms with Gasteiger partial charge in [-0.3, -0.25) is 0 Å². The van der Waals surface area contributed by atoms with Crippen LogP contribution in [0.5, 0.6) is 0 Å². The molecule has 0 atom stereocenters. The van der Waals surface area contributed by atoms with E-state index in [2.05, 4.69) is 10.4 Å². The van der Waals surface area contributed by atoms with Crippen LogP contribution in [0, 0.1) is 23.7 Å². The van der Waals surface area contributed by atoms with E-state index in [1.54, 1.807) is 0 Å². The third-order valence-electron chi connectivity index (χ3n) is 5.11. The second-order valence-electron chi connectivity index (χ2n) is 6.11. The first-order valence-corrected chi connectivity index (χ1v) is 7.29. The molecule has 0 spiro atoms. The monoisotopic (exact) mass is 234 g/mol. The lowest BCUT2D eigenvalue weighted by Crippen LogP contribution is -2.43. The number of hydrogen-bond acceptors (Lipinski definition) is 3. The first-order valence-electron chi connectivity index (χ1n) is 6.51. The Morgan fingerprint density at radius 1 is 1.06 bits per heavy atom. The Kier molecular flexibility index (Phi) is 1.90. The molecule has 5 rings (SSSR count). The maximum absolute atomic E-state index is 5.83. The minimum absolute atomic E-state index is 0.751. The van der Waals surface area contributed by atoms with Crippen molar-refractivity contribution in [1.29, 1.82) is 0 Å². The Bertz CT molecular complexity index is 384. The van der Waals surface area contributed by atoms with Gasteiger partial charge in [-0.25, -0.2) is 0 Å². The van der Waals surface area contributed by atoms with Gasteiger partial charge in [-0.15, -0.1) is 0 Å². The summed E-state index contributed by atoms with van der Waals surface area (Å²) in [6.45, 7) is 0. The smallest absolute Gasteiger partial charge is 0.107 e. The lowest BCUT2D eigenvalue weighted by Gasteiger charge is -2.54. The number of nitrogens with two attached hydrogens (primary N) is 1. The van der Waals surface area contributed by atoms with Gasteiger partial charge in [0, 0.05) is 5.92 Å². The number of aromatic nitrogens is 1. The normalized spacial score (nSPS) is 45.1. The fourth-order valence-electron chi connectivity index (χ4n) is 4.87. The first-order chi connectivity index (χ1) is 7.79. The zero-order valence-electron chi connectivity index (χ0n) is 9.43. The summed E-state index contributed by atoms with van der Waals surface area (Å²) in [6.07, 6.45) is 7.40. The standard InChI is InChI=1S/C13H18N2S/c14-12-6-11(15-16-12)13-9-2-7-1-8(4-9)5-10(13)3-7/h6-10,13H,1-5,14H2. The molecule has 2 N–H and O–H groups in total. The summed E-state index contributed by atoms with van der Waals surface area (Å²) in [5.74, 6) is 4.71. The van der Waals surface area contributed by atoms with Crippen LogP contribution in [0.4, 0.5) is 5.00 Å². The van der Waals surface area contributed by atoms with Crippen molar-refractivity contribution in [1.82, 2.24) is 4.37 Å². The van der Waals surface area contributed by atoms with E-state index >= 15 is 0 Å². The van der Waals surface area contributed by atoms with Crippen LogP contribution in [-0.4, -0.2) is 4.37 Å². The highest BCUT2D eigenvalue weighted by Gasteiger charge is 2.49. The van der Waals surface area contributed by atoms with Crippen molar-refractivity contribution < 1.29 is 0 Å². The molecule has 0 amide bonds. The zero-order valence-corrected chi connectivity index (χ0v) is 10.2. The van der Waals surface area contributed by atoms with Crippen LogP contribution in [0.2, 0.25) is 0 Å². The number of hydrogen-bond donors (Lipinski definition) is 1. The topological polar surface area (TPSA) is 38.9 Å². The molecule has 2 nitrogen and oxygen atoms in total. The van der Waals surface area contributed by atoms with Gasteiger partial charge in [0.25, 0.3) is 0 Å². The molecule has 0 aromatic carbocycles. The molecular formula is C13H18N2S. The van der Waals surface area contributed by atoms with Crippen LogP contribution in [0.25, 0.3) is 0 Å². The van der Waals surface area contributed by atoms with E-state index in [1.165, 1.54) is 49.3 Å². The van der Waals surface area contributed by atoms with Gasteiger partial charge < -0.3 is 5.73 Å². The van der Waals surface area contributed by atoms with Crippen molar-refractivity contribution >= 4 is 16.5 Å². The minimum atomic E-state index is 0.751. The van der Waals surface area contributed by atoms with E-state index in [0.717, 1.165) is 34.6 Å². The highest BCUT2D eigenvalue weighted by atomic mass is 32.1. The van der Waals surface area contributed by atoms with Crippen molar-refractivity contribution in [2.45, 2.75) is 38.0 Å². The van der Waals surface area contributed by atoms with Crippen LogP contribution >= 0.6 is 11.5 Å². The highest BCUT2D eigenvalue weighted by molar-refractivity contribution is 7.10. The zero-order chi connectivity index (χ0) is 10.7. The van der Waals surface area contributed by atoms with Gasteiger partial charge in [0.05, 0.1) is 5.69 Å². The Labute approximate surface area is 100 Å². The molecule has 16 heavy (non-hydrogen) atoms. The van der Waals surface area contributed by atoms with Crippen LogP contribution < -0.4 is 5.73 Å². The van der Waals surface area contributed by atoms with E-state index in [0.29, 0.717) is 0 Å². The molecule has 0 radical (unpaired) electrons. The third kappa shape index (κ3) is 1.27. The van der Waals surface area contributed by atoms with Crippen LogP contribution in [0.3, 0.4) is 0 Å². The lowest BCUT2D eigenvalue weighted by molar-refractivity contribution is -0.00384. The predicted molar refractivity (Wildman–Crippen MR) is 66.3 cm³/mol. The summed E-state index contributed by atoms with van der Waals surface area (Å²) in [5, 5.41) is 0.892. The van der Waals surface area contributed by atoms with Crippen LogP contribution in [0.1, 0.15) is 43.7 Å². The second kappa shape index (κ2) is 3.22. The summed E-state index contributed by atoms with van der Waals surface area (Å²) in [5.41, 5.74) is 7.14. The molecule has 4 bridgehead atoms. The molecule has 3 heteroatoms. The van der Waals surface area contributed by atoms with Crippen molar-refractivity contribution in [2.24, 2.45) is 23.7 Å². The summed E-state index contributed by atoms with van der Waals surface area (Å²) < 4.78 is 4.58. The Hall–Kier alpha value is -0.570. The minimum Gasteiger partial charge on any atom is -0.389 e. The fraction of sp³-hybridized carbons (Fsp3) is 0.769. The molecule has 4 fully saturated rings. The molecule has 1 aromatic heterocycles. The van der Waals surface area contributed by atoms with Gasteiger partial charge in [0.2, 0.25) is 0 Å². The quantitative estimate of drug-likeness (QED) is 0.810. The molecule has 0 aliphatic heterocycles. The largest absolute Gasteiger partial charge is 0.389 e. The molecule has 4 saturated carbocycles. The summed E-state index contributed by atoms with van der Waals surface area (Å²) in [7, 11) is 0. The third-order valence-corrected chi connectivity index (χ3v) is 5.75. The van der Waals surface area contributed by atoms with Crippen molar-refractivity contribution in [3.8, 4) is 0 Å². The molecule has 0 unspecified atom stereocenters. The number of nitrogens with zero attached hydrogens (tertiary/aromatic N) is 1. The van der Waals surface area contributed by atoms with Gasteiger partial charge in [-0.1, -0.05) is 0 Å². The molecular weight excluding hydrogens is 216 g/mol. The molecule has 4 aliphatic carbocycles. The highest BCUT2D eigenvalue weighted by Crippen LogP contribution is 2.59. The summed E-state index contributed by atoms with van der Waals surface area (Å²) in [6, 6.07) is 2.14. The lowest BCUT2D eigenvalue weighted by atomic mass is 9.51. The summed E-state index contributed by atoms with van der Waals surface area (Å²) >= 11 is 1.48. The van der Waals surface area contributed by atoms with Crippen molar-refractivity contribution in [3.05, 3.63) is 11.8 Å². The van der Waals surface area contributed by atoms with Gasteiger partial charge in [0.15, 0.2) is 0 Å². The molecule has 4 aliphatic rings. The van der Waals surface area contributed by atoms with Crippen molar-refractivity contribution in [3.63, 3.8) is 0 Å². The van der Waals surface area contributed by atoms with Gasteiger partial charge >= 0.3 is 0 Å². The molecule has 0 saturated heterocycles. The van der Waals surface area contributed by atoms with Crippen molar-refractivity contribution in [2.75, 3.05) is 5.73 Å². The van der Waals surface area contributed by atoms with Gasteiger partial charge in [-0.05, 0) is 73.4 Å². The Morgan fingerprint density at radius 3 is 2.19 bits per heavy atom. The first kappa shape index (κ1) is 9.46. The van der Waals surface area contributed by atoms with E-state index < -0.39 is 0 Å². The van der Waals surface area contributed by atoms with Crippen LogP contribution in [-0.2, 0) is 0 Å². The van der Waals surface area contributed by atoms with E-state index in [9.17, 15) is 0 Å². The maximum Gasteiger partial charge on any atom is 0.107 e. The Morgan fingerprint density at radius 2 is 1.69 bits per heavy atom. The second-order valence-corrected chi connectivity index (χ2v) is 6.95. The van der Waals surface area contributed by atoms with Gasteiger partial charge in [-0.2, -0.15) is 4.37 Å². The average Bonchev–Trinajstić information content (AvgIpc) is 2.63. The van der Waals surface area contributed by atoms with E-state index in [4.69, 9.17) is 5.73 Å². The molecule has 86 valence electrons. The maximum atomic E-state index is 5.83. The van der Waals surface area contributed by atoms with Crippen LogP contribution in [0.15, 0.2) is 6.07 Å². The number of nitrogen functional groups attached to an aromatic ring is 1. The molecule has 1 heterocycles. The Balaban J connectivity index is 1.69. The summed E-state index contributed by atoms with van der Waals surface area (Å²) in [4.78, 5) is 0. The SMILES string of the molecule is Nc1cc(C2C3CC4CC(C3)CC2C4)ns1. The molecule has 1 aromatic rings. The fourth-order valence-corrected chi connectivity index (χ4v) is 5.43. The number of anilines is 1. The van der Waals surface area contributed by atoms with E-state index in [1.807, 2.05) is 0 Å². The predicted octanol–water partition coefficient (Wildman–Crippen LogP) is 3.27. The number of rotatable bonds is 1. The average molecular weight is 234 g/mol. The van der Waals surface area contributed by atoms with E-state index in [-0.39, 0.29) is 0 Å². The van der Waals surface area contributed by atoms with Gasteiger partial charge in [0.1, 0.15) is 5.00 Å².